The number of carbonyl (C=O) groups excluding carboxylic acids is 4. The van der Waals surface area contributed by atoms with Crippen LogP contribution in [0.3, 0.4) is 0 Å². The number of carbonyl (C=O) groups is 4. The number of aromatic nitrogens is 4. The van der Waals surface area contributed by atoms with Crippen molar-refractivity contribution in [3.63, 3.8) is 0 Å². The number of amides is 4. The molecule has 0 aliphatic carbocycles. The number of hydrogen-bond acceptors (Lipinski definition) is 9. The van der Waals surface area contributed by atoms with E-state index in [0.717, 1.165) is 92.8 Å². The summed E-state index contributed by atoms with van der Waals surface area (Å²) in [6.45, 7) is 13.1. The van der Waals surface area contributed by atoms with Crippen LogP contribution >= 0.6 is 0 Å². The Balaban J connectivity index is 0.962. The number of methoxy groups -OCH3 is 1. The molecule has 4 N–H and O–H groups in total. The van der Waals surface area contributed by atoms with Gasteiger partial charge in [0.25, 0.3) is 0 Å². The Morgan fingerprint density at radius 1 is 0.953 bits per heavy atom. The summed E-state index contributed by atoms with van der Waals surface area (Å²) in [7, 11) is 1.30. The molecule has 5 unspecified atom stereocenters. The second-order valence-electron chi connectivity index (χ2n) is 18.8. The fraction of sp³-hybridized carbons (Fsp3) is 0.510. The Bertz CT molecular complexity index is 2580. The van der Waals surface area contributed by atoms with Crippen LogP contribution in [0.4, 0.5) is 4.79 Å². The third-order valence-electron chi connectivity index (χ3n) is 14.2. The highest BCUT2D eigenvalue weighted by molar-refractivity contribution is 6.07. The topological polar surface area (TPSA) is 184 Å². The van der Waals surface area contributed by atoms with Gasteiger partial charge in [-0.05, 0) is 117 Å². The minimum atomic E-state index is -0.726. The van der Waals surface area contributed by atoms with Gasteiger partial charge in [0.15, 0.2) is 0 Å². The van der Waals surface area contributed by atoms with E-state index in [-0.39, 0.29) is 54.0 Å². The number of ether oxygens (including phenoxy) is 3. The zero-order valence-corrected chi connectivity index (χ0v) is 37.8. The van der Waals surface area contributed by atoms with Crippen molar-refractivity contribution >= 4 is 46.1 Å². The number of rotatable bonds is 11. The molecule has 0 saturated carbocycles. The number of benzene rings is 3. The second kappa shape index (κ2) is 17.5. The maximum atomic E-state index is 14.3. The van der Waals surface area contributed by atoms with E-state index in [4.69, 9.17) is 24.2 Å². The van der Waals surface area contributed by atoms with Crippen LogP contribution in [0, 0.1) is 17.8 Å². The highest BCUT2D eigenvalue weighted by atomic mass is 16.5. The number of likely N-dealkylation sites (tertiary alicyclic amines) is 2. The van der Waals surface area contributed by atoms with Gasteiger partial charge in [0, 0.05) is 23.5 Å². The van der Waals surface area contributed by atoms with Crippen molar-refractivity contribution in [2.24, 2.45) is 17.8 Å². The van der Waals surface area contributed by atoms with Gasteiger partial charge in [0.1, 0.15) is 36.1 Å². The molecule has 0 bridgehead atoms. The van der Waals surface area contributed by atoms with Gasteiger partial charge in [0.05, 0.1) is 54.3 Å². The molecule has 0 radical (unpaired) electrons. The predicted octanol–water partition coefficient (Wildman–Crippen LogP) is 7.72. The van der Waals surface area contributed by atoms with E-state index in [9.17, 15) is 19.2 Å². The second-order valence-corrected chi connectivity index (χ2v) is 18.8. The van der Waals surface area contributed by atoms with Crippen molar-refractivity contribution in [1.29, 1.82) is 0 Å². The van der Waals surface area contributed by atoms with Crippen LogP contribution in [-0.2, 0) is 30.5 Å². The third kappa shape index (κ3) is 7.96. The lowest BCUT2D eigenvalue weighted by atomic mass is 9.85. The van der Waals surface area contributed by atoms with Crippen LogP contribution in [0.5, 0.6) is 5.75 Å². The minimum Gasteiger partial charge on any atom is -0.488 e. The summed E-state index contributed by atoms with van der Waals surface area (Å²) < 4.78 is 17.3. The summed E-state index contributed by atoms with van der Waals surface area (Å²) in [6, 6.07) is 12.9. The maximum Gasteiger partial charge on any atom is 0.407 e. The molecule has 15 nitrogen and oxygen atoms in total. The van der Waals surface area contributed by atoms with Crippen molar-refractivity contribution in [1.82, 2.24) is 40.4 Å². The van der Waals surface area contributed by atoms with E-state index in [1.165, 1.54) is 7.11 Å². The highest BCUT2D eigenvalue weighted by Gasteiger charge is 2.44. The molecule has 3 aromatic carbocycles. The number of H-pyrrole nitrogens is 2. The van der Waals surface area contributed by atoms with Crippen LogP contribution in [0.1, 0.15) is 109 Å². The molecule has 338 valence electrons. The number of imidazole rings is 2. The summed E-state index contributed by atoms with van der Waals surface area (Å²) in [6.07, 6.45) is 6.63. The first-order valence-electron chi connectivity index (χ1n) is 23.0. The Labute approximate surface area is 373 Å². The molecule has 6 heterocycles. The summed E-state index contributed by atoms with van der Waals surface area (Å²) >= 11 is 0. The van der Waals surface area contributed by atoms with Crippen molar-refractivity contribution in [3.05, 3.63) is 65.9 Å². The normalized spacial score (nSPS) is 25.2. The van der Waals surface area contributed by atoms with Crippen molar-refractivity contribution in [2.45, 2.75) is 129 Å². The number of fused-ring (bicyclic) bond motifs is 6. The van der Waals surface area contributed by atoms with Gasteiger partial charge in [-0.1, -0.05) is 45.4 Å². The smallest absolute Gasteiger partial charge is 0.407 e. The standard InChI is InChI=1S/C49H60N8O7/c1-8-29-17-40(56(22-29)47(59)43(51-24-58)32-15-27(5)64-28(6)16-32)45-50-21-38(53-45)31-10-12-34-33(18-31)23-63-41-20-35-30(19-36(34)41)11-13-37-44(35)54-46(52-37)39-14-9-26(4)57(39)48(60)42(25(2)3)55-49(61)62-7/h10-13,18-21,24-29,32,39-40,42-43H,8-9,14-17,22-23H2,1-7H3,(H,50,53)(H,51,58)(H,52,54)(H,55,61)/t26-,27+,28?,29-,32?,39?,40?,42-,43?/m0/s1. The molecule has 9 rings (SSSR count). The minimum absolute atomic E-state index is 0.0107. The van der Waals surface area contributed by atoms with E-state index >= 15 is 0 Å². The van der Waals surface area contributed by atoms with Crippen LogP contribution in [0.15, 0.2) is 48.7 Å². The molecule has 9 atom stereocenters. The molecule has 0 spiro atoms. The predicted molar refractivity (Wildman–Crippen MR) is 242 cm³/mol. The van der Waals surface area contributed by atoms with E-state index in [1.54, 1.807) is 0 Å². The van der Waals surface area contributed by atoms with E-state index in [2.05, 4.69) is 63.9 Å². The molecule has 3 saturated heterocycles. The van der Waals surface area contributed by atoms with Gasteiger partial charge in [-0.25, -0.2) is 14.8 Å². The molecule has 2 aromatic heterocycles. The number of nitrogens with zero attached hydrogens (tertiary/aromatic N) is 4. The van der Waals surface area contributed by atoms with Gasteiger partial charge in [-0.3, -0.25) is 14.4 Å². The lowest BCUT2D eigenvalue weighted by Crippen LogP contribution is -2.52. The number of hydrogen-bond donors (Lipinski definition) is 4. The zero-order chi connectivity index (χ0) is 45.0. The lowest BCUT2D eigenvalue weighted by molar-refractivity contribution is -0.140. The van der Waals surface area contributed by atoms with Gasteiger partial charge >= 0.3 is 6.09 Å². The van der Waals surface area contributed by atoms with Crippen molar-refractivity contribution in [3.8, 4) is 28.1 Å². The first kappa shape index (κ1) is 43.3. The van der Waals surface area contributed by atoms with E-state index in [0.29, 0.717) is 38.3 Å². The maximum absolute atomic E-state index is 14.3. The molecule has 4 aliphatic heterocycles. The summed E-state index contributed by atoms with van der Waals surface area (Å²) in [4.78, 5) is 73.2. The molecule has 5 aromatic rings. The van der Waals surface area contributed by atoms with Gasteiger partial charge < -0.3 is 44.6 Å². The largest absolute Gasteiger partial charge is 0.488 e. The number of aromatic amines is 2. The lowest BCUT2D eigenvalue weighted by Gasteiger charge is -2.38. The molecular formula is C49H60N8O7. The average molecular weight is 873 g/mol. The van der Waals surface area contributed by atoms with Crippen molar-refractivity contribution in [2.75, 3.05) is 13.7 Å². The summed E-state index contributed by atoms with van der Waals surface area (Å²) in [5.74, 6) is 2.21. The van der Waals surface area contributed by atoms with Crippen LogP contribution in [0.2, 0.25) is 0 Å². The monoisotopic (exact) mass is 872 g/mol. The fourth-order valence-electron chi connectivity index (χ4n) is 10.9. The molecule has 4 amide bonds. The van der Waals surface area contributed by atoms with Crippen LogP contribution in [-0.4, -0.2) is 98.0 Å². The van der Waals surface area contributed by atoms with Crippen LogP contribution in [0.25, 0.3) is 44.2 Å². The SMILES string of the molecule is CC[C@H]1CC(c2ncc(-c3ccc4c(c3)COc3cc5c(ccc6[nH]c(C7CC[C@H](C)N7C(=O)[C@@H](NC(=O)OC)C(C)C)nc65)cc3-4)[nH]2)N(C(=O)C(NC=O)C2CC(C)O[C@H](C)C2)C1. The van der Waals surface area contributed by atoms with Gasteiger partial charge in [0.2, 0.25) is 18.2 Å². The summed E-state index contributed by atoms with van der Waals surface area (Å²) in [5, 5.41) is 7.61. The molecule has 3 fully saturated rings. The Hall–Kier alpha value is -5.96. The first-order chi connectivity index (χ1) is 30.8. The molecule has 15 heteroatoms. The summed E-state index contributed by atoms with van der Waals surface area (Å²) in [5.41, 5.74) is 6.66. The zero-order valence-electron chi connectivity index (χ0n) is 37.8. The molecule has 64 heavy (non-hydrogen) atoms. The van der Waals surface area contributed by atoms with Gasteiger partial charge in [-0.2, -0.15) is 0 Å². The van der Waals surface area contributed by atoms with Crippen LogP contribution < -0.4 is 15.4 Å². The van der Waals surface area contributed by atoms with E-state index < -0.39 is 18.2 Å². The Morgan fingerprint density at radius 3 is 2.48 bits per heavy atom. The quantitative estimate of drug-likeness (QED) is 0.0966. The fourth-order valence-corrected chi connectivity index (χ4v) is 10.9. The molecule has 4 aliphatic rings. The first-order valence-corrected chi connectivity index (χ1v) is 23.0. The van der Waals surface area contributed by atoms with E-state index in [1.807, 2.05) is 56.7 Å². The Morgan fingerprint density at radius 2 is 1.75 bits per heavy atom. The number of nitrogens with one attached hydrogen (secondary N) is 4. The van der Waals surface area contributed by atoms with Crippen molar-refractivity contribution < 1.29 is 33.4 Å². The highest BCUT2D eigenvalue weighted by Crippen LogP contribution is 2.44. The van der Waals surface area contributed by atoms with Gasteiger partial charge in [-0.15, -0.1) is 0 Å². The average Bonchev–Trinajstić information content (AvgIpc) is 4.11. The Kier molecular flexibility index (Phi) is 11.9. The molecular weight excluding hydrogens is 813 g/mol. The third-order valence-corrected chi connectivity index (χ3v) is 14.2. The number of alkyl carbamates (subject to hydrolysis) is 1.